The second-order valence-corrected chi connectivity index (χ2v) is 5.05. The van der Waals surface area contributed by atoms with Crippen molar-refractivity contribution in [3.8, 4) is 0 Å². The molecular weight excluding hydrogens is 234 g/mol. The molecule has 2 N–H and O–H groups in total. The SMILES string of the molecule is CC(NC1(C)CCOC1C)c1ccc(C(=O)O)o1. The molecule has 1 aromatic heterocycles. The summed E-state index contributed by atoms with van der Waals surface area (Å²) in [5.41, 5.74) is -0.102. The van der Waals surface area contributed by atoms with Crippen molar-refractivity contribution in [1.29, 1.82) is 0 Å². The number of carboxylic acids is 1. The summed E-state index contributed by atoms with van der Waals surface area (Å²) in [5.74, 6) is -0.440. The van der Waals surface area contributed by atoms with Gasteiger partial charge in [-0.3, -0.25) is 5.32 Å². The van der Waals surface area contributed by atoms with Crippen LogP contribution in [0.15, 0.2) is 16.5 Å². The molecule has 0 amide bonds. The van der Waals surface area contributed by atoms with Gasteiger partial charge in [-0.2, -0.15) is 0 Å². The van der Waals surface area contributed by atoms with Crippen molar-refractivity contribution >= 4 is 5.97 Å². The smallest absolute Gasteiger partial charge is 0.371 e. The van der Waals surface area contributed by atoms with Gasteiger partial charge in [0.1, 0.15) is 5.76 Å². The van der Waals surface area contributed by atoms with Crippen LogP contribution in [0.3, 0.4) is 0 Å². The van der Waals surface area contributed by atoms with Crippen molar-refractivity contribution in [2.75, 3.05) is 6.61 Å². The first-order valence-electron chi connectivity index (χ1n) is 6.15. The molecule has 5 nitrogen and oxygen atoms in total. The summed E-state index contributed by atoms with van der Waals surface area (Å²) < 4.78 is 10.9. The van der Waals surface area contributed by atoms with E-state index < -0.39 is 5.97 Å². The van der Waals surface area contributed by atoms with Crippen LogP contribution in [0.5, 0.6) is 0 Å². The zero-order chi connectivity index (χ0) is 13.3. The number of rotatable bonds is 4. The molecule has 0 spiro atoms. The fourth-order valence-electron chi connectivity index (χ4n) is 2.29. The van der Waals surface area contributed by atoms with Gasteiger partial charge in [-0.05, 0) is 39.3 Å². The molecule has 0 radical (unpaired) electrons. The Labute approximate surface area is 106 Å². The largest absolute Gasteiger partial charge is 0.475 e. The molecule has 18 heavy (non-hydrogen) atoms. The molecule has 1 aromatic rings. The summed E-state index contributed by atoms with van der Waals surface area (Å²) in [5, 5.41) is 12.3. The fourth-order valence-corrected chi connectivity index (χ4v) is 2.29. The van der Waals surface area contributed by atoms with Crippen molar-refractivity contribution in [1.82, 2.24) is 5.32 Å². The monoisotopic (exact) mass is 253 g/mol. The normalized spacial score (nSPS) is 29.4. The fraction of sp³-hybridized carbons (Fsp3) is 0.615. The lowest BCUT2D eigenvalue weighted by molar-refractivity contribution is 0.0656. The molecule has 0 saturated carbocycles. The third-order valence-corrected chi connectivity index (χ3v) is 3.70. The van der Waals surface area contributed by atoms with Crippen molar-refractivity contribution in [2.24, 2.45) is 0 Å². The molecular formula is C13H19NO4. The van der Waals surface area contributed by atoms with Gasteiger partial charge in [0.25, 0.3) is 0 Å². The Hall–Kier alpha value is -1.33. The summed E-state index contributed by atoms with van der Waals surface area (Å²) in [4.78, 5) is 10.8. The van der Waals surface area contributed by atoms with Crippen LogP contribution in [0.25, 0.3) is 0 Å². The van der Waals surface area contributed by atoms with Gasteiger partial charge in [0, 0.05) is 12.1 Å². The van der Waals surface area contributed by atoms with E-state index in [9.17, 15) is 4.79 Å². The molecule has 3 atom stereocenters. The minimum Gasteiger partial charge on any atom is -0.475 e. The topological polar surface area (TPSA) is 71.7 Å². The van der Waals surface area contributed by atoms with E-state index in [0.29, 0.717) is 5.76 Å². The molecule has 1 aliphatic rings. The summed E-state index contributed by atoms with van der Waals surface area (Å²) in [6, 6.07) is 3.13. The minimum absolute atomic E-state index is 0.0282. The Morgan fingerprint density at radius 1 is 1.61 bits per heavy atom. The molecule has 2 rings (SSSR count). The first kappa shape index (κ1) is 13.1. The van der Waals surface area contributed by atoms with Crippen LogP contribution >= 0.6 is 0 Å². The molecule has 1 aliphatic heterocycles. The van der Waals surface area contributed by atoms with Gasteiger partial charge in [0.05, 0.1) is 12.1 Å². The van der Waals surface area contributed by atoms with Crippen molar-refractivity contribution in [3.05, 3.63) is 23.7 Å². The average molecular weight is 253 g/mol. The average Bonchev–Trinajstić information content (AvgIpc) is 2.87. The molecule has 100 valence electrons. The minimum atomic E-state index is -1.04. The standard InChI is InChI=1S/C13H19NO4/c1-8(10-4-5-11(18-10)12(15)16)14-13(3)6-7-17-9(13)2/h4-5,8-9,14H,6-7H2,1-3H3,(H,15,16). The van der Waals surface area contributed by atoms with Gasteiger partial charge in [-0.1, -0.05) is 0 Å². The number of nitrogens with one attached hydrogen (secondary N) is 1. The van der Waals surface area contributed by atoms with Gasteiger partial charge in [0.15, 0.2) is 0 Å². The molecule has 1 saturated heterocycles. The Bertz CT molecular complexity index is 442. The first-order chi connectivity index (χ1) is 8.42. The number of ether oxygens (including phenoxy) is 1. The Morgan fingerprint density at radius 3 is 2.83 bits per heavy atom. The maximum Gasteiger partial charge on any atom is 0.371 e. The molecule has 0 aliphatic carbocycles. The predicted octanol–water partition coefficient (Wildman–Crippen LogP) is 2.20. The molecule has 2 heterocycles. The second kappa shape index (κ2) is 4.74. The van der Waals surface area contributed by atoms with E-state index >= 15 is 0 Å². The van der Waals surface area contributed by atoms with Crippen LogP contribution in [0, 0.1) is 0 Å². The van der Waals surface area contributed by atoms with E-state index in [2.05, 4.69) is 12.2 Å². The highest BCUT2D eigenvalue weighted by atomic mass is 16.5. The van der Waals surface area contributed by atoms with Crippen molar-refractivity contribution in [2.45, 2.75) is 44.9 Å². The van der Waals surface area contributed by atoms with Gasteiger partial charge in [0.2, 0.25) is 5.76 Å². The molecule has 0 bridgehead atoms. The van der Waals surface area contributed by atoms with Gasteiger partial charge in [-0.25, -0.2) is 4.79 Å². The number of aromatic carboxylic acids is 1. The van der Waals surface area contributed by atoms with Gasteiger partial charge in [-0.15, -0.1) is 0 Å². The molecule has 0 aromatic carbocycles. The highest BCUT2D eigenvalue weighted by molar-refractivity contribution is 5.84. The summed E-state index contributed by atoms with van der Waals surface area (Å²) in [6.45, 7) is 6.86. The summed E-state index contributed by atoms with van der Waals surface area (Å²) in [6.07, 6.45) is 1.07. The second-order valence-electron chi connectivity index (χ2n) is 5.05. The Balaban J connectivity index is 2.07. The molecule has 3 unspecified atom stereocenters. The number of furan rings is 1. The van der Waals surface area contributed by atoms with Gasteiger partial charge >= 0.3 is 5.97 Å². The summed E-state index contributed by atoms with van der Waals surface area (Å²) >= 11 is 0. The Kier molecular flexibility index (Phi) is 3.45. The quantitative estimate of drug-likeness (QED) is 0.860. The number of hydrogen-bond acceptors (Lipinski definition) is 4. The van der Waals surface area contributed by atoms with Crippen LogP contribution in [-0.2, 0) is 4.74 Å². The van der Waals surface area contributed by atoms with Crippen LogP contribution in [0.1, 0.15) is 49.5 Å². The van der Waals surface area contributed by atoms with E-state index in [0.717, 1.165) is 13.0 Å². The molecule has 1 fully saturated rings. The maximum absolute atomic E-state index is 10.8. The van der Waals surface area contributed by atoms with E-state index in [1.165, 1.54) is 6.07 Å². The van der Waals surface area contributed by atoms with Gasteiger partial charge < -0.3 is 14.3 Å². The zero-order valence-corrected chi connectivity index (χ0v) is 10.9. The van der Waals surface area contributed by atoms with Crippen LogP contribution in [0.2, 0.25) is 0 Å². The number of carboxylic acid groups (broad SMARTS) is 1. The van der Waals surface area contributed by atoms with E-state index in [-0.39, 0.29) is 23.4 Å². The van der Waals surface area contributed by atoms with Crippen LogP contribution in [-0.4, -0.2) is 29.3 Å². The van der Waals surface area contributed by atoms with E-state index in [1.807, 2.05) is 13.8 Å². The lowest BCUT2D eigenvalue weighted by Crippen LogP contribution is -2.48. The summed E-state index contributed by atoms with van der Waals surface area (Å²) in [7, 11) is 0. The Morgan fingerprint density at radius 2 is 2.33 bits per heavy atom. The van der Waals surface area contributed by atoms with Crippen LogP contribution < -0.4 is 5.32 Å². The van der Waals surface area contributed by atoms with E-state index in [1.54, 1.807) is 6.07 Å². The number of hydrogen-bond donors (Lipinski definition) is 2. The predicted molar refractivity (Wildman–Crippen MR) is 65.7 cm³/mol. The lowest BCUT2D eigenvalue weighted by Gasteiger charge is -2.31. The molecule has 5 heteroatoms. The van der Waals surface area contributed by atoms with Crippen molar-refractivity contribution < 1.29 is 19.1 Å². The third-order valence-electron chi connectivity index (χ3n) is 3.70. The number of carbonyl (C=O) groups is 1. The van der Waals surface area contributed by atoms with Crippen LogP contribution in [0.4, 0.5) is 0 Å². The zero-order valence-electron chi connectivity index (χ0n) is 10.9. The highest BCUT2D eigenvalue weighted by Crippen LogP contribution is 2.29. The van der Waals surface area contributed by atoms with E-state index in [4.69, 9.17) is 14.3 Å². The maximum atomic E-state index is 10.8. The highest BCUT2D eigenvalue weighted by Gasteiger charge is 2.38. The third kappa shape index (κ3) is 2.42. The lowest BCUT2D eigenvalue weighted by atomic mass is 9.93. The first-order valence-corrected chi connectivity index (χ1v) is 6.15. The van der Waals surface area contributed by atoms with Crippen molar-refractivity contribution in [3.63, 3.8) is 0 Å².